The van der Waals surface area contributed by atoms with Gasteiger partial charge in [0.1, 0.15) is 5.75 Å². The maximum absolute atomic E-state index is 12.4. The first-order valence-corrected chi connectivity index (χ1v) is 10.9. The Morgan fingerprint density at radius 1 is 1.22 bits per heavy atom. The van der Waals surface area contributed by atoms with E-state index in [0.717, 1.165) is 39.5 Å². The smallest absolute Gasteiger partial charge is 0.249 e. The van der Waals surface area contributed by atoms with E-state index in [-0.39, 0.29) is 5.91 Å². The number of aromatic nitrogens is 1. The summed E-state index contributed by atoms with van der Waals surface area (Å²) in [6.07, 6.45) is 1.41. The normalized spacial score (nSPS) is 11.9. The predicted octanol–water partition coefficient (Wildman–Crippen LogP) is 5.04. The highest BCUT2D eigenvalue weighted by atomic mass is 32.2. The molecule has 0 N–H and O–H groups in total. The molecular weight excluding hydrogens is 376 g/mol. The molecule has 3 rings (SSSR count). The van der Waals surface area contributed by atoms with Crippen LogP contribution in [0.3, 0.4) is 0 Å². The summed E-state index contributed by atoms with van der Waals surface area (Å²) >= 11 is 3.25. The van der Waals surface area contributed by atoms with Crippen LogP contribution in [0.15, 0.2) is 52.4 Å². The quantitative estimate of drug-likeness (QED) is 0.522. The molecule has 0 atom stereocenters. The van der Waals surface area contributed by atoms with Gasteiger partial charge in [-0.3, -0.25) is 4.79 Å². The first-order valence-electron chi connectivity index (χ1n) is 9.05. The van der Waals surface area contributed by atoms with Crippen molar-refractivity contribution in [1.29, 1.82) is 0 Å². The summed E-state index contributed by atoms with van der Waals surface area (Å²) in [6, 6.07) is 14.4. The van der Waals surface area contributed by atoms with Gasteiger partial charge in [-0.05, 0) is 37.6 Å². The van der Waals surface area contributed by atoms with Crippen LogP contribution in [-0.4, -0.2) is 23.3 Å². The van der Waals surface area contributed by atoms with Crippen LogP contribution in [0.4, 0.5) is 0 Å². The van der Waals surface area contributed by atoms with Crippen molar-refractivity contribution < 1.29 is 9.53 Å². The minimum atomic E-state index is -0.0713. The van der Waals surface area contributed by atoms with Crippen LogP contribution in [0.5, 0.6) is 5.75 Å². The molecule has 0 fully saturated rings. The molecule has 0 spiro atoms. The first kappa shape index (κ1) is 19.7. The van der Waals surface area contributed by atoms with Crippen molar-refractivity contribution in [2.75, 3.05) is 12.9 Å². The minimum absolute atomic E-state index is 0.0713. The number of thiazole rings is 1. The topological polar surface area (TPSA) is 43.6 Å². The predicted molar refractivity (Wildman–Crippen MR) is 114 cm³/mol. The van der Waals surface area contributed by atoms with E-state index in [9.17, 15) is 4.79 Å². The number of benzene rings is 2. The zero-order valence-corrected chi connectivity index (χ0v) is 17.5. The van der Waals surface area contributed by atoms with E-state index in [1.165, 1.54) is 10.5 Å². The van der Waals surface area contributed by atoms with E-state index in [1.54, 1.807) is 30.2 Å². The minimum Gasteiger partial charge on any atom is -0.497 e. The molecule has 142 valence electrons. The molecule has 0 aliphatic carbocycles. The number of carbonyl (C=O) groups is 1. The van der Waals surface area contributed by atoms with Crippen LogP contribution in [0.1, 0.15) is 25.3 Å². The van der Waals surface area contributed by atoms with Crippen molar-refractivity contribution in [3.63, 3.8) is 0 Å². The molecule has 0 aliphatic heterocycles. The van der Waals surface area contributed by atoms with Gasteiger partial charge in [0.25, 0.3) is 0 Å². The maximum Gasteiger partial charge on any atom is 0.249 e. The maximum atomic E-state index is 12.4. The highest BCUT2D eigenvalue weighted by Crippen LogP contribution is 2.23. The van der Waals surface area contributed by atoms with Crippen LogP contribution in [0.2, 0.25) is 0 Å². The molecule has 1 amide bonds. The SMILES string of the molecule is CCCn1c(=NC(=O)CCSc2ccc(C)cc2)sc2ccc(OC)cc21. The van der Waals surface area contributed by atoms with Gasteiger partial charge in [0.2, 0.25) is 5.91 Å². The lowest BCUT2D eigenvalue weighted by atomic mass is 10.2. The number of amides is 1. The second-order valence-electron chi connectivity index (χ2n) is 6.29. The van der Waals surface area contributed by atoms with Crippen molar-refractivity contribution in [2.24, 2.45) is 4.99 Å². The summed E-state index contributed by atoms with van der Waals surface area (Å²) in [5, 5.41) is 0. The zero-order chi connectivity index (χ0) is 19.2. The Balaban J connectivity index is 1.76. The number of hydrogen-bond donors (Lipinski definition) is 0. The van der Waals surface area contributed by atoms with Gasteiger partial charge < -0.3 is 9.30 Å². The van der Waals surface area contributed by atoms with Crippen molar-refractivity contribution in [1.82, 2.24) is 4.57 Å². The molecule has 3 aromatic rings. The molecule has 6 heteroatoms. The summed E-state index contributed by atoms with van der Waals surface area (Å²) in [4.78, 5) is 18.8. The Morgan fingerprint density at radius 3 is 2.70 bits per heavy atom. The van der Waals surface area contributed by atoms with E-state index in [1.807, 2.05) is 18.2 Å². The molecule has 0 saturated carbocycles. The number of hydrogen-bond acceptors (Lipinski definition) is 4. The number of rotatable bonds is 7. The molecule has 0 radical (unpaired) electrons. The van der Waals surface area contributed by atoms with Gasteiger partial charge in [-0.2, -0.15) is 4.99 Å². The standard InChI is InChI=1S/C21H24N2O2S2/c1-4-12-23-18-14-16(25-3)7-10-19(18)27-21(23)22-20(24)11-13-26-17-8-5-15(2)6-9-17/h5-10,14H,4,11-13H2,1-3H3. The van der Waals surface area contributed by atoms with Crippen molar-refractivity contribution in [3.8, 4) is 5.75 Å². The zero-order valence-electron chi connectivity index (χ0n) is 15.9. The highest BCUT2D eigenvalue weighted by Gasteiger charge is 2.09. The van der Waals surface area contributed by atoms with Gasteiger partial charge in [0.05, 0.1) is 17.3 Å². The van der Waals surface area contributed by atoms with Gasteiger partial charge in [-0.25, -0.2) is 0 Å². The summed E-state index contributed by atoms with van der Waals surface area (Å²) in [5.41, 5.74) is 2.31. The average Bonchev–Trinajstić information content (AvgIpc) is 3.00. The molecule has 1 aromatic heterocycles. The number of ether oxygens (including phenoxy) is 1. The Hall–Kier alpha value is -2.05. The number of aryl methyl sites for hydroxylation is 2. The van der Waals surface area contributed by atoms with E-state index >= 15 is 0 Å². The molecule has 0 bridgehead atoms. The number of carbonyl (C=O) groups excluding carboxylic acids is 1. The third kappa shape index (κ3) is 5.02. The fourth-order valence-corrected chi connectivity index (χ4v) is 4.65. The van der Waals surface area contributed by atoms with Gasteiger partial charge in [0, 0.05) is 29.7 Å². The second kappa shape index (κ2) is 9.24. The van der Waals surface area contributed by atoms with Crippen LogP contribution < -0.4 is 9.54 Å². The van der Waals surface area contributed by atoms with Crippen molar-refractivity contribution in [3.05, 3.63) is 52.8 Å². The lowest BCUT2D eigenvalue weighted by Gasteiger charge is -2.04. The van der Waals surface area contributed by atoms with Crippen LogP contribution >= 0.6 is 23.1 Å². The lowest BCUT2D eigenvalue weighted by Crippen LogP contribution is -2.17. The van der Waals surface area contributed by atoms with Crippen LogP contribution in [0, 0.1) is 6.92 Å². The first-order chi connectivity index (χ1) is 13.1. The molecule has 4 nitrogen and oxygen atoms in total. The number of fused-ring (bicyclic) bond motifs is 1. The summed E-state index contributed by atoms with van der Waals surface area (Å²) in [5.74, 6) is 1.48. The van der Waals surface area contributed by atoms with E-state index in [2.05, 4.69) is 47.7 Å². The monoisotopic (exact) mass is 400 g/mol. The number of thioether (sulfide) groups is 1. The van der Waals surface area contributed by atoms with E-state index in [0.29, 0.717) is 6.42 Å². The molecule has 0 aliphatic rings. The second-order valence-corrected chi connectivity index (χ2v) is 8.46. The fraction of sp³-hybridized carbons (Fsp3) is 0.333. The van der Waals surface area contributed by atoms with Gasteiger partial charge in [0.15, 0.2) is 4.80 Å². The summed E-state index contributed by atoms with van der Waals surface area (Å²) < 4.78 is 8.57. The average molecular weight is 401 g/mol. The number of methoxy groups -OCH3 is 1. The summed E-state index contributed by atoms with van der Waals surface area (Å²) in [6.45, 7) is 5.03. The third-order valence-electron chi connectivity index (χ3n) is 4.16. The summed E-state index contributed by atoms with van der Waals surface area (Å²) in [7, 11) is 1.66. The van der Waals surface area contributed by atoms with Crippen molar-refractivity contribution in [2.45, 2.75) is 38.1 Å². The largest absolute Gasteiger partial charge is 0.497 e. The van der Waals surface area contributed by atoms with E-state index < -0.39 is 0 Å². The Bertz CT molecular complexity index is 988. The molecule has 0 saturated heterocycles. The van der Waals surface area contributed by atoms with Gasteiger partial charge in [-0.1, -0.05) is 36.0 Å². The number of nitrogens with zero attached hydrogens (tertiary/aromatic N) is 2. The van der Waals surface area contributed by atoms with E-state index in [4.69, 9.17) is 4.74 Å². The van der Waals surface area contributed by atoms with Gasteiger partial charge in [-0.15, -0.1) is 11.8 Å². The fourth-order valence-electron chi connectivity index (χ4n) is 2.75. The van der Waals surface area contributed by atoms with Crippen LogP contribution in [-0.2, 0) is 11.3 Å². The molecule has 0 unspecified atom stereocenters. The Morgan fingerprint density at radius 2 is 2.00 bits per heavy atom. The highest BCUT2D eigenvalue weighted by molar-refractivity contribution is 7.99. The molecular formula is C21H24N2O2S2. The third-order valence-corrected chi connectivity index (χ3v) is 6.24. The molecule has 2 aromatic carbocycles. The van der Waals surface area contributed by atoms with Crippen LogP contribution in [0.25, 0.3) is 10.2 Å². The lowest BCUT2D eigenvalue weighted by molar-refractivity contribution is -0.117. The molecule has 27 heavy (non-hydrogen) atoms. The Labute approximate surface area is 167 Å². The molecule has 1 heterocycles. The van der Waals surface area contributed by atoms with Gasteiger partial charge >= 0.3 is 0 Å². The van der Waals surface area contributed by atoms with Crippen molar-refractivity contribution >= 4 is 39.2 Å². The Kier molecular flexibility index (Phi) is 6.74.